The van der Waals surface area contributed by atoms with Crippen molar-refractivity contribution in [3.63, 3.8) is 0 Å². The zero-order valence-electron chi connectivity index (χ0n) is 10.2. The first-order valence-corrected chi connectivity index (χ1v) is 5.90. The predicted octanol–water partition coefficient (Wildman–Crippen LogP) is 1.51. The van der Waals surface area contributed by atoms with Crippen LogP contribution in [-0.2, 0) is 9.47 Å². The molecule has 2 N–H and O–H groups in total. The van der Waals surface area contributed by atoms with Gasteiger partial charge in [0, 0.05) is 12.7 Å². The molecule has 19 heavy (non-hydrogen) atoms. The normalized spacial score (nSPS) is 18.2. The molecule has 0 spiro atoms. The fourth-order valence-electron chi connectivity index (χ4n) is 1.86. The van der Waals surface area contributed by atoms with Gasteiger partial charge in [-0.15, -0.1) is 0 Å². The van der Waals surface area contributed by atoms with E-state index in [2.05, 4.69) is 0 Å². The molecule has 1 saturated heterocycles. The van der Waals surface area contributed by atoms with Gasteiger partial charge in [-0.1, -0.05) is 0 Å². The predicted molar refractivity (Wildman–Crippen MR) is 66.8 cm³/mol. The third kappa shape index (κ3) is 3.19. The zero-order chi connectivity index (χ0) is 13.8. The molecule has 1 aliphatic rings. The minimum atomic E-state index is -0.633. The Labute approximate surface area is 109 Å². The van der Waals surface area contributed by atoms with E-state index in [1.807, 2.05) is 0 Å². The highest BCUT2D eigenvalue weighted by Gasteiger charge is 2.20. The number of rotatable bonds is 4. The highest BCUT2D eigenvalue weighted by atomic mass is 16.6. The second kappa shape index (κ2) is 5.66. The first kappa shape index (κ1) is 13.3. The van der Waals surface area contributed by atoms with Crippen molar-refractivity contribution < 1.29 is 19.2 Å². The van der Waals surface area contributed by atoms with Crippen LogP contribution in [0.2, 0.25) is 0 Å². The molecule has 0 aliphatic carbocycles. The third-order valence-corrected chi connectivity index (χ3v) is 2.89. The van der Waals surface area contributed by atoms with Crippen molar-refractivity contribution in [2.75, 3.05) is 18.9 Å². The summed E-state index contributed by atoms with van der Waals surface area (Å²) in [6.45, 7) is 0.840. The monoisotopic (exact) mass is 266 g/mol. The lowest BCUT2D eigenvalue weighted by atomic mass is 10.2. The van der Waals surface area contributed by atoms with E-state index in [1.54, 1.807) is 0 Å². The van der Waals surface area contributed by atoms with Crippen LogP contribution in [0.25, 0.3) is 0 Å². The van der Waals surface area contributed by atoms with Crippen LogP contribution in [0.15, 0.2) is 18.2 Å². The summed E-state index contributed by atoms with van der Waals surface area (Å²) < 4.78 is 10.4. The second-order valence-corrected chi connectivity index (χ2v) is 4.26. The summed E-state index contributed by atoms with van der Waals surface area (Å²) in [6.07, 6.45) is 1.73. The molecular formula is C12H14N2O5. The summed E-state index contributed by atoms with van der Waals surface area (Å²) in [7, 11) is 0. The summed E-state index contributed by atoms with van der Waals surface area (Å²) in [5, 5.41) is 10.7. The van der Waals surface area contributed by atoms with Gasteiger partial charge in [-0.25, -0.2) is 4.79 Å². The van der Waals surface area contributed by atoms with Crippen LogP contribution in [0.3, 0.4) is 0 Å². The summed E-state index contributed by atoms with van der Waals surface area (Å²) in [6, 6.07) is 3.84. The molecule has 7 heteroatoms. The lowest BCUT2D eigenvalue weighted by molar-refractivity contribution is -0.383. The van der Waals surface area contributed by atoms with E-state index in [9.17, 15) is 14.9 Å². The Hall–Kier alpha value is -2.15. The Morgan fingerprint density at radius 3 is 3.00 bits per heavy atom. The van der Waals surface area contributed by atoms with E-state index in [0.29, 0.717) is 6.61 Å². The lowest BCUT2D eigenvalue weighted by Gasteiger charge is -2.10. The Morgan fingerprint density at radius 2 is 2.37 bits per heavy atom. The number of esters is 1. The molecule has 2 rings (SSSR count). The molecule has 1 aromatic rings. The van der Waals surface area contributed by atoms with Gasteiger partial charge >= 0.3 is 5.97 Å². The number of hydrogen-bond donors (Lipinski definition) is 1. The number of carbonyl (C=O) groups is 1. The van der Waals surface area contributed by atoms with Crippen molar-refractivity contribution in [1.29, 1.82) is 0 Å². The number of hydrogen-bond acceptors (Lipinski definition) is 6. The van der Waals surface area contributed by atoms with Gasteiger partial charge < -0.3 is 15.2 Å². The smallest absolute Gasteiger partial charge is 0.338 e. The quantitative estimate of drug-likeness (QED) is 0.383. The Balaban J connectivity index is 2.02. The number of nitrogen functional groups attached to an aromatic ring is 1. The Bertz CT molecular complexity index is 497. The summed E-state index contributed by atoms with van der Waals surface area (Å²) in [5.41, 5.74) is 5.28. The molecule has 0 bridgehead atoms. The molecule has 0 amide bonds. The van der Waals surface area contributed by atoms with Gasteiger partial charge in [0.1, 0.15) is 12.3 Å². The molecule has 102 valence electrons. The van der Waals surface area contributed by atoms with Crippen LogP contribution in [0.5, 0.6) is 0 Å². The van der Waals surface area contributed by atoms with Gasteiger partial charge in [0.2, 0.25) is 0 Å². The van der Waals surface area contributed by atoms with Crippen LogP contribution in [0.1, 0.15) is 23.2 Å². The average Bonchev–Trinajstić information content (AvgIpc) is 2.89. The van der Waals surface area contributed by atoms with E-state index in [1.165, 1.54) is 12.1 Å². The number of nitro benzene ring substituents is 1. The van der Waals surface area contributed by atoms with E-state index < -0.39 is 10.9 Å². The van der Waals surface area contributed by atoms with E-state index in [0.717, 1.165) is 18.9 Å². The van der Waals surface area contributed by atoms with Gasteiger partial charge in [0.15, 0.2) is 0 Å². The van der Waals surface area contributed by atoms with Crippen LogP contribution >= 0.6 is 0 Å². The summed E-state index contributed by atoms with van der Waals surface area (Å²) in [5.74, 6) is -0.612. The van der Waals surface area contributed by atoms with Crippen molar-refractivity contribution >= 4 is 17.3 Å². The van der Waals surface area contributed by atoms with Crippen molar-refractivity contribution in [3.8, 4) is 0 Å². The number of carbonyl (C=O) groups excluding carboxylic acids is 1. The van der Waals surface area contributed by atoms with Crippen LogP contribution < -0.4 is 5.73 Å². The van der Waals surface area contributed by atoms with Gasteiger partial charge in [-0.2, -0.15) is 0 Å². The van der Waals surface area contributed by atoms with Crippen LogP contribution in [-0.4, -0.2) is 30.2 Å². The lowest BCUT2D eigenvalue weighted by Crippen LogP contribution is -2.18. The minimum Gasteiger partial charge on any atom is -0.459 e. The maximum Gasteiger partial charge on any atom is 0.338 e. The van der Waals surface area contributed by atoms with Crippen molar-refractivity contribution in [3.05, 3.63) is 33.9 Å². The van der Waals surface area contributed by atoms with Gasteiger partial charge in [-0.05, 0) is 25.0 Å². The highest BCUT2D eigenvalue weighted by molar-refractivity contribution is 5.91. The SMILES string of the molecule is Nc1ccc(C(=O)OCC2CCCO2)cc1[N+](=O)[O-]. The first-order chi connectivity index (χ1) is 9.08. The van der Waals surface area contributed by atoms with E-state index in [-0.39, 0.29) is 29.6 Å². The van der Waals surface area contributed by atoms with E-state index in [4.69, 9.17) is 15.2 Å². The molecule has 1 aliphatic heterocycles. The van der Waals surface area contributed by atoms with Crippen molar-refractivity contribution in [2.45, 2.75) is 18.9 Å². The van der Waals surface area contributed by atoms with Crippen molar-refractivity contribution in [1.82, 2.24) is 0 Å². The molecule has 1 fully saturated rings. The Kier molecular flexibility index (Phi) is 3.96. The third-order valence-electron chi connectivity index (χ3n) is 2.89. The number of anilines is 1. The minimum absolute atomic E-state index is 0.0145. The summed E-state index contributed by atoms with van der Waals surface area (Å²) >= 11 is 0. The zero-order valence-corrected chi connectivity index (χ0v) is 10.2. The molecule has 0 saturated carbocycles. The number of nitro groups is 1. The molecular weight excluding hydrogens is 252 g/mol. The average molecular weight is 266 g/mol. The molecule has 1 atom stereocenters. The van der Waals surface area contributed by atoms with Gasteiger partial charge in [0.05, 0.1) is 16.6 Å². The molecule has 7 nitrogen and oxygen atoms in total. The number of ether oxygens (including phenoxy) is 2. The molecule has 1 heterocycles. The van der Waals surface area contributed by atoms with Gasteiger partial charge in [0.25, 0.3) is 5.69 Å². The number of nitrogens with two attached hydrogens (primary N) is 1. The summed E-state index contributed by atoms with van der Waals surface area (Å²) in [4.78, 5) is 21.8. The first-order valence-electron chi connectivity index (χ1n) is 5.90. The highest BCUT2D eigenvalue weighted by Crippen LogP contribution is 2.23. The van der Waals surface area contributed by atoms with Crippen LogP contribution in [0.4, 0.5) is 11.4 Å². The van der Waals surface area contributed by atoms with E-state index >= 15 is 0 Å². The fraction of sp³-hybridized carbons (Fsp3) is 0.417. The molecule has 0 aromatic heterocycles. The standard InChI is InChI=1S/C12H14N2O5/c13-10-4-3-8(6-11(10)14(16)17)12(15)19-7-9-2-1-5-18-9/h3-4,6,9H,1-2,5,7,13H2. The van der Waals surface area contributed by atoms with Gasteiger partial charge in [-0.3, -0.25) is 10.1 Å². The largest absolute Gasteiger partial charge is 0.459 e. The molecule has 0 radical (unpaired) electrons. The maximum absolute atomic E-state index is 11.7. The molecule has 1 unspecified atom stereocenters. The Morgan fingerprint density at radius 1 is 1.58 bits per heavy atom. The molecule has 1 aromatic carbocycles. The fourth-order valence-corrected chi connectivity index (χ4v) is 1.86. The van der Waals surface area contributed by atoms with Crippen molar-refractivity contribution in [2.24, 2.45) is 0 Å². The number of benzene rings is 1. The van der Waals surface area contributed by atoms with Crippen LogP contribution in [0, 0.1) is 10.1 Å². The maximum atomic E-state index is 11.7. The topological polar surface area (TPSA) is 105 Å². The number of nitrogens with zero attached hydrogens (tertiary/aromatic N) is 1. The second-order valence-electron chi connectivity index (χ2n) is 4.26.